The van der Waals surface area contributed by atoms with E-state index in [2.05, 4.69) is 25.8 Å². The summed E-state index contributed by atoms with van der Waals surface area (Å²) >= 11 is 0. The zero-order valence-electron chi connectivity index (χ0n) is 15.5. The molecule has 0 aliphatic heterocycles. The number of aliphatic hydroxyl groups is 1. The Bertz CT molecular complexity index is 945. The highest BCUT2D eigenvalue weighted by molar-refractivity contribution is 6.04. The van der Waals surface area contributed by atoms with Crippen molar-refractivity contribution in [1.29, 1.82) is 0 Å². The number of aromatic nitrogens is 5. The lowest BCUT2D eigenvalue weighted by Crippen LogP contribution is -2.19. The number of nitrogens with zero attached hydrogens (tertiary/aromatic N) is 5. The second-order valence-electron chi connectivity index (χ2n) is 7.15. The Morgan fingerprint density at radius 1 is 1.22 bits per heavy atom. The van der Waals surface area contributed by atoms with Gasteiger partial charge in [0.25, 0.3) is 5.91 Å². The van der Waals surface area contributed by atoms with Crippen LogP contribution in [0.1, 0.15) is 42.5 Å². The molecule has 27 heavy (non-hydrogen) atoms. The summed E-state index contributed by atoms with van der Waals surface area (Å²) in [5.74, 6) is 0.856. The molecule has 0 atom stereocenters. The van der Waals surface area contributed by atoms with Crippen LogP contribution in [-0.2, 0) is 11.8 Å². The minimum Gasteiger partial charge on any atom is -0.396 e. The van der Waals surface area contributed by atoms with E-state index in [0.29, 0.717) is 29.3 Å². The van der Waals surface area contributed by atoms with Gasteiger partial charge in [-0.3, -0.25) is 4.79 Å². The van der Waals surface area contributed by atoms with E-state index in [1.165, 1.54) is 0 Å². The average Bonchev–Trinajstić information content (AvgIpc) is 3.14. The van der Waals surface area contributed by atoms with Crippen molar-refractivity contribution in [2.45, 2.75) is 32.6 Å². The molecule has 2 N–H and O–H groups in total. The average molecular weight is 366 g/mol. The first-order valence-corrected chi connectivity index (χ1v) is 8.65. The second-order valence-corrected chi connectivity index (χ2v) is 7.15. The second kappa shape index (κ2) is 7.63. The van der Waals surface area contributed by atoms with Crippen LogP contribution in [-0.4, -0.2) is 42.8 Å². The fourth-order valence-electron chi connectivity index (χ4n) is 2.66. The fraction of sp³-hybridized carbons (Fsp3) is 0.316. The Labute approximate surface area is 157 Å². The molecule has 0 spiro atoms. The molecule has 2 heterocycles. The van der Waals surface area contributed by atoms with Gasteiger partial charge in [-0.2, -0.15) is 4.68 Å². The number of rotatable bonds is 5. The molecule has 0 saturated carbocycles. The van der Waals surface area contributed by atoms with Gasteiger partial charge in [0.05, 0.1) is 5.69 Å². The van der Waals surface area contributed by atoms with E-state index in [-0.39, 0.29) is 17.9 Å². The number of hydrogen-bond acceptors (Lipinski definition) is 6. The van der Waals surface area contributed by atoms with Crippen molar-refractivity contribution in [2.75, 3.05) is 11.9 Å². The van der Waals surface area contributed by atoms with Gasteiger partial charge in [-0.1, -0.05) is 32.9 Å². The first kappa shape index (κ1) is 18.7. The van der Waals surface area contributed by atoms with Gasteiger partial charge in [-0.25, -0.2) is 4.98 Å². The van der Waals surface area contributed by atoms with Crippen LogP contribution in [0.5, 0.6) is 0 Å². The van der Waals surface area contributed by atoms with Crippen LogP contribution in [0.4, 0.5) is 5.82 Å². The predicted molar refractivity (Wildman–Crippen MR) is 101 cm³/mol. The SMILES string of the molecule is CC(C)(C)c1nnnn1-c1cccc(C(=O)Nc2ncccc2CCO)c1. The summed E-state index contributed by atoms with van der Waals surface area (Å²) in [6, 6.07) is 10.7. The highest BCUT2D eigenvalue weighted by atomic mass is 16.3. The van der Waals surface area contributed by atoms with E-state index in [9.17, 15) is 4.79 Å². The normalized spacial score (nSPS) is 11.4. The summed E-state index contributed by atoms with van der Waals surface area (Å²) in [6.07, 6.45) is 2.02. The third kappa shape index (κ3) is 4.17. The van der Waals surface area contributed by atoms with Gasteiger partial charge in [0.15, 0.2) is 5.82 Å². The molecule has 0 aliphatic rings. The lowest BCUT2D eigenvalue weighted by Gasteiger charge is -2.17. The zero-order valence-corrected chi connectivity index (χ0v) is 15.5. The van der Waals surface area contributed by atoms with Crippen LogP contribution in [0, 0.1) is 0 Å². The molecule has 8 heteroatoms. The van der Waals surface area contributed by atoms with Crippen molar-refractivity contribution < 1.29 is 9.90 Å². The number of nitrogens with one attached hydrogen (secondary N) is 1. The Morgan fingerprint density at radius 2 is 2.04 bits per heavy atom. The number of carbonyl (C=O) groups excluding carboxylic acids is 1. The van der Waals surface area contributed by atoms with Gasteiger partial charge in [0, 0.05) is 23.8 Å². The van der Waals surface area contributed by atoms with Gasteiger partial charge in [-0.15, -0.1) is 5.10 Å². The van der Waals surface area contributed by atoms with E-state index >= 15 is 0 Å². The molecular weight excluding hydrogens is 344 g/mol. The number of pyridine rings is 1. The van der Waals surface area contributed by atoms with E-state index in [0.717, 1.165) is 5.56 Å². The van der Waals surface area contributed by atoms with Crippen molar-refractivity contribution in [3.05, 3.63) is 59.5 Å². The Hall–Kier alpha value is -3.13. The molecular formula is C19H22N6O2. The molecule has 8 nitrogen and oxygen atoms in total. The molecule has 3 aromatic rings. The number of anilines is 1. The third-order valence-electron chi connectivity index (χ3n) is 4.00. The summed E-state index contributed by atoms with van der Waals surface area (Å²) in [4.78, 5) is 16.9. The smallest absolute Gasteiger partial charge is 0.256 e. The van der Waals surface area contributed by atoms with Gasteiger partial charge >= 0.3 is 0 Å². The lowest BCUT2D eigenvalue weighted by atomic mass is 9.95. The summed E-state index contributed by atoms with van der Waals surface area (Å²) in [5.41, 5.74) is 1.70. The molecule has 0 radical (unpaired) electrons. The van der Waals surface area contributed by atoms with Crippen LogP contribution < -0.4 is 5.32 Å². The molecule has 0 unspecified atom stereocenters. The highest BCUT2D eigenvalue weighted by Gasteiger charge is 2.23. The van der Waals surface area contributed by atoms with Gasteiger partial charge in [0.2, 0.25) is 0 Å². The topological polar surface area (TPSA) is 106 Å². The number of amides is 1. The lowest BCUT2D eigenvalue weighted by molar-refractivity contribution is 0.102. The largest absolute Gasteiger partial charge is 0.396 e. The van der Waals surface area contributed by atoms with E-state index in [1.807, 2.05) is 32.9 Å². The molecule has 0 saturated heterocycles. The van der Waals surface area contributed by atoms with E-state index in [1.54, 1.807) is 35.1 Å². The van der Waals surface area contributed by atoms with Crippen molar-refractivity contribution in [3.8, 4) is 5.69 Å². The number of benzene rings is 1. The predicted octanol–water partition coefficient (Wildman–Crippen LogP) is 2.14. The summed E-state index contributed by atoms with van der Waals surface area (Å²) in [5, 5.41) is 23.9. The minimum absolute atomic E-state index is 0.0150. The molecule has 3 rings (SSSR count). The number of carbonyl (C=O) groups is 1. The quantitative estimate of drug-likeness (QED) is 0.717. The van der Waals surface area contributed by atoms with Crippen molar-refractivity contribution in [2.24, 2.45) is 0 Å². The molecule has 1 amide bonds. The van der Waals surface area contributed by atoms with Crippen molar-refractivity contribution in [1.82, 2.24) is 25.2 Å². The van der Waals surface area contributed by atoms with Crippen molar-refractivity contribution in [3.63, 3.8) is 0 Å². The third-order valence-corrected chi connectivity index (χ3v) is 4.00. The molecule has 0 fully saturated rings. The summed E-state index contributed by atoms with van der Waals surface area (Å²) in [7, 11) is 0. The standard InChI is InChI=1S/C19H22N6O2/c1-19(2,3)18-22-23-24-25(18)15-8-4-6-14(12-15)17(27)21-16-13(9-11-26)7-5-10-20-16/h4-8,10,12,26H,9,11H2,1-3H3,(H,20,21,27). The number of aliphatic hydroxyl groups excluding tert-OH is 1. The van der Waals surface area contributed by atoms with Crippen LogP contribution in [0.25, 0.3) is 5.69 Å². The number of hydrogen-bond donors (Lipinski definition) is 2. The molecule has 140 valence electrons. The zero-order chi connectivity index (χ0) is 19.4. The van der Waals surface area contributed by atoms with Gasteiger partial charge < -0.3 is 10.4 Å². The molecule has 0 aliphatic carbocycles. The van der Waals surface area contributed by atoms with Crippen molar-refractivity contribution >= 4 is 11.7 Å². The first-order valence-electron chi connectivity index (χ1n) is 8.65. The molecule has 0 bridgehead atoms. The van der Waals surface area contributed by atoms with Gasteiger partial charge in [0.1, 0.15) is 5.82 Å². The molecule has 2 aromatic heterocycles. The van der Waals surface area contributed by atoms with Crippen LogP contribution in [0.3, 0.4) is 0 Å². The van der Waals surface area contributed by atoms with Gasteiger partial charge in [-0.05, 0) is 46.7 Å². The monoisotopic (exact) mass is 366 g/mol. The highest BCUT2D eigenvalue weighted by Crippen LogP contribution is 2.22. The maximum atomic E-state index is 12.7. The molecule has 1 aromatic carbocycles. The first-order chi connectivity index (χ1) is 12.9. The van der Waals surface area contributed by atoms with E-state index in [4.69, 9.17) is 5.11 Å². The maximum absolute atomic E-state index is 12.7. The maximum Gasteiger partial charge on any atom is 0.256 e. The van der Waals surface area contributed by atoms with Crippen LogP contribution in [0.2, 0.25) is 0 Å². The fourth-order valence-corrected chi connectivity index (χ4v) is 2.66. The Kier molecular flexibility index (Phi) is 5.27. The number of tetrazole rings is 1. The van der Waals surface area contributed by atoms with Crippen LogP contribution >= 0.6 is 0 Å². The Balaban J connectivity index is 1.89. The summed E-state index contributed by atoms with van der Waals surface area (Å²) in [6.45, 7) is 6.06. The Morgan fingerprint density at radius 3 is 2.78 bits per heavy atom. The van der Waals surface area contributed by atoms with E-state index < -0.39 is 0 Å². The minimum atomic E-state index is -0.292. The summed E-state index contributed by atoms with van der Waals surface area (Å²) < 4.78 is 1.63. The van der Waals surface area contributed by atoms with Crippen LogP contribution in [0.15, 0.2) is 42.6 Å².